The lowest BCUT2D eigenvalue weighted by Gasteiger charge is -2.42. The summed E-state index contributed by atoms with van der Waals surface area (Å²) in [5, 5.41) is 5.18. The fourth-order valence-electron chi connectivity index (χ4n) is 7.85. The molecule has 1 aliphatic heterocycles. The molecular weight excluding hydrogens is 826 g/mol. The molecule has 1 N–H and O–H groups in total. The summed E-state index contributed by atoms with van der Waals surface area (Å²) in [7, 11) is -0.842. The second-order valence-electron chi connectivity index (χ2n) is 15.2. The van der Waals surface area contributed by atoms with Gasteiger partial charge in [-0.25, -0.2) is 15.0 Å². The third kappa shape index (κ3) is 7.06. The first kappa shape index (κ1) is 36.7. The highest BCUT2D eigenvalue weighted by molar-refractivity contribution is 6.72. The first-order valence-electron chi connectivity index (χ1n) is 19.2. The maximum absolute atomic E-state index is 4.96. The van der Waals surface area contributed by atoms with Crippen molar-refractivity contribution >= 4 is 42.4 Å². The molecule has 0 bridgehead atoms. The Balaban J connectivity index is 1.05. The quantitative estimate of drug-likeness (QED) is 0.122. The van der Waals surface area contributed by atoms with Gasteiger partial charge in [0.2, 0.25) is 3.57 Å². The number of benzene rings is 7. The maximum Gasteiger partial charge on any atom is 0.347 e. The molecule has 7 aromatic carbocycles. The Morgan fingerprint density at radius 2 is 1.00 bits per heavy atom. The molecule has 8 aromatic rings. The van der Waals surface area contributed by atoms with Gasteiger partial charge in [-0.3, -0.25) is 0 Å². The smallest absolute Gasteiger partial charge is 0.347 e. The van der Waals surface area contributed by atoms with Crippen molar-refractivity contribution in [2.75, 3.05) is 10.2 Å². The van der Waals surface area contributed by atoms with E-state index in [-0.39, 0.29) is 5.41 Å². The number of nitrogens with zero attached hydrogens (tertiary/aromatic N) is 4. The molecule has 1 aromatic heterocycles. The number of hydrogen-bond acceptors (Lipinski definition) is 5. The molecule has 9 rings (SSSR count). The molecule has 2 heterocycles. The van der Waals surface area contributed by atoms with E-state index in [2.05, 4.69) is 169 Å². The van der Waals surface area contributed by atoms with Gasteiger partial charge in [0.25, 0.3) is 22.6 Å². The van der Waals surface area contributed by atoms with Crippen LogP contribution in [0.4, 0.5) is 28.4 Å². The van der Waals surface area contributed by atoms with Crippen LogP contribution in [0, 0.1) is 3.57 Å². The summed E-state index contributed by atoms with van der Waals surface area (Å²) in [4.78, 5) is 17.2. The van der Waals surface area contributed by atoms with Gasteiger partial charge in [0.05, 0.1) is 35.8 Å². The summed E-state index contributed by atoms with van der Waals surface area (Å²) in [5.74, 6) is 1.97. The van der Waals surface area contributed by atoms with Crippen LogP contribution in [0.25, 0.3) is 45.3 Å². The van der Waals surface area contributed by atoms with Crippen LogP contribution in [-0.4, -0.2) is 23.7 Å². The first-order chi connectivity index (χ1) is 27.7. The Hall–Kier alpha value is -5.90. The zero-order valence-electron chi connectivity index (χ0n) is 32.4. The van der Waals surface area contributed by atoms with Crippen molar-refractivity contribution in [2.45, 2.75) is 32.4 Å². The van der Waals surface area contributed by atoms with Crippen molar-refractivity contribution < 1.29 is 22.6 Å². The van der Waals surface area contributed by atoms with Crippen LogP contribution in [-0.2, 0) is 5.41 Å². The predicted molar refractivity (Wildman–Crippen MR) is 235 cm³/mol. The molecule has 0 saturated carbocycles. The van der Waals surface area contributed by atoms with E-state index in [0.717, 1.165) is 37.3 Å². The lowest BCUT2D eigenvalue weighted by Crippen LogP contribution is -3.34. The van der Waals surface area contributed by atoms with E-state index in [0.29, 0.717) is 17.5 Å². The van der Waals surface area contributed by atoms with E-state index in [1.807, 2.05) is 60.7 Å². The molecule has 0 aliphatic carbocycles. The topological polar surface area (TPSA) is 53.9 Å². The Bertz CT molecular complexity index is 2680. The number of nitrogens with one attached hydrogen (secondary N) is 1. The van der Waals surface area contributed by atoms with Crippen LogP contribution >= 0.6 is 0 Å². The number of halogens is 1. The van der Waals surface area contributed by atoms with E-state index in [1.54, 1.807) is 0 Å². The van der Waals surface area contributed by atoms with E-state index in [9.17, 15) is 0 Å². The van der Waals surface area contributed by atoms with Gasteiger partial charge in [-0.2, -0.15) is 0 Å². The highest BCUT2D eigenvalue weighted by Gasteiger charge is 2.37. The van der Waals surface area contributed by atoms with Crippen LogP contribution in [0.5, 0.6) is 0 Å². The van der Waals surface area contributed by atoms with Crippen LogP contribution in [0.1, 0.15) is 25.0 Å². The number of hydrogen-bond donors (Lipinski definition) is 1. The third-order valence-corrected chi connectivity index (χ3v) is 13.3. The van der Waals surface area contributed by atoms with Gasteiger partial charge in [0.15, 0.2) is 17.5 Å². The minimum atomic E-state index is -0.842. The summed E-state index contributed by atoms with van der Waals surface area (Å²) in [5.41, 5.74) is 13.7. The first-order valence-corrected chi connectivity index (χ1v) is 22.9. The fourth-order valence-corrected chi connectivity index (χ4v) is 9.68. The molecule has 57 heavy (non-hydrogen) atoms. The molecule has 0 atom stereocenters. The highest BCUT2D eigenvalue weighted by Crippen LogP contribution is 2.52. The van der Waals surface area contributed by atoms with Crippen molar-refractivity contribution in [3.05, 3.63) is 185 Å². The zero-order chi connectivity index (χ0) is 39.1. The Kier molecular flexibility index (Phi) is 9.80. The average Bonchev–Trinajstić information content (AvgIpc) is 3.25. The second kappa shape index (κ2) is 15.2. The number of rotatable bonds is 8. The van der Waals surface area contributed by atoms with Gasteiger partial charge in [-0.05, 0) is 70.8 Å². The summed E-state index contributed by atoms with van der Waals surface area (Å²) in [6.45, 7) is 9.42. The minimum absolute atomic E-state index is 0.136. The number of anilines is 5. The summed E-state index contributed by atoms with van der Waals surface area (Å²) >= 11 is 2.05. The highest BCUT2D eigenvalue weighted by atomic mass is 127. The van der Waals surface area contributed by atoms with Gasteiger partial charge in [-0.15, -0.1) is 0 Å². The van der Waals surface area contributed by atoms with Gasteiger partial charge in [0, 0.05) is 33.9 Å². The Morgan fingerprint density at radius 1 is 0.491 bits per heavy atom. The lowest BCUT2D eigenvalue weighted by atomic mass is 9.73. The Morgan fingerprint density at radius 3 is 1.63 bits per heavy atom. The third-order valence-electron chi connectivity index (χ3n) is 10.8. The molecule has 1 aliphatic rings. The molecule has 7 heteroatoms. The molecule has 276 valence electrons. The van der Waals surface area contributed by atoms with Crippen molar-refractivity contribution in [3.63, 3.8) is 0 Å². The maximum atomic E-state index is 4.96. The fraction of sp³-hybridized carbons (Fsp3) is 0.100. The SMILES string of the molecule is C[Si+](C)c1cc(-c2ccc3c(c2)N(c2ccccc2)c2ccccc2C3(C)C)ccc1Nc1ccc(-c2nc(-c3ccccc3)nc(-c3ccccc3)n2)cc1[IH+]. The number of aromatic nitrogens is 3. The largest absolute Gasteiger partial charge is 0.349 e. The van der Waals surface area contributed by atoms with E-state index >= 15 is 0 Å². The van der Waals surface area contributed by atoms with Gasteiger partial charge in [0.1, 0.15) is 5.19 Å². The van der Waals surface area contributed by atoms with Gasteiger partial charge in [-0.1, -0.05) is 129 Å². The standard InChI is InChI=1S/C50H42IN5Si/c1-50(2)39-22-14-15-23-44(39)56(38-20-12-7-13-21-38)45-31-35(24-27-40(45)50)36-25-29-43(46(32-36)57(3)4)52-42-28-26-37(30-41(42)51)49-54-47(33-16-8-5-9-17-33)53-48(55-49)34-18-10-6-11-19-34/h5-32,51-52H,1-4H3/q+2. The van der Waals surface area contributed by atoms with Crippen molar-refractivity contribution in [2.24, 2.45) is 0 Å². The molecule has 0 fully saturated rings. The molecule has 5 nitrogen and oxygen atoms in total. The average molecular weight is 868 g/mol. The molecule has 0 spiro atoms. The monoisotopic (exact) mass is 867 g/mol. The summed E-state index contributed by atoms with van der Waals surface area (Å²) in [6, 6.07) is 60.2. The van der Waals surface area contributed by atoms with Crippen LogP contribution in [0.15, 0.2) is 170 Å². The molecule has 0 unspecified atom stereocenters. The van der Waals surface area contributed by atoms with Crippen molar-refractivity contribution in [3.8, 4) is 45.3 Å². The van der Waals surface area contributed by atoms with E-state index < -0.39 is 8.80 Å². The van der Waals surface area contributed by atoms with Crippen LogP contribution in [0.3, 0.4) is 0 Å². The molecule has 0 radical (unpaired) electrons. The number of para-hydroxylation sites is 2. The second-order valence-corrected chi connectivity index (χ2v) is 19.0. The normalized spacial score (nSPS) is 12.8. The molecule has 0 amide bonds. The summed E-state index contributed by atoms with van der Waals surface area (Å²) < 4.78 is 1.13. The van der Waals surface area contributed by atoms with Crippen molar-refractivity contribution in [1.82, 2.24) is 15.0 Å². The number of fused-ring (bicyclic) bond motifs is 2. The van der Waals surface area contributed by atoms with Crippen LogP contribution < -0.4 is 38.0 Å². The molecule has 0 saturated heterocycles. The Labute approximate surface area is 350 Å². The summed E-state index contributed by atoms with van der Waals surface area (Å²) in [6.07, 6.45) is 0. The predicted octanol–water partition coefficient (Wildman–Crippen LogP) is 8.81. The molecular formula is C50H42IN5Si+2. The lowest BCUT2D eigenvalue weighted by molar-refractivity contribution is -0.326. The van der Waals surface area contributed by atoms with Gasteiger partial charge < -0.3 is 10.2 Å². The van der Waals surface area contributed by atoms with Crippen LogP contribution in [0.2, 0.25) is 13.1 Å². The minimum Gasteiger partial charge on any atom is -0.349 e. The van der Waals surface area contributed by atoms with E-state index in [1.165, 1.54) is 38.8 Å². The van der Waals surface area contributed by atoms with E-state index in [4.69, 9.17) is 15.0 Å². The zero-order valence-corrected chi connectivity index (χ0v) is 35.7. The van der Waals surface area contributed by atoms with Gasteiger partial charge >= 0.3 is 8.80 Å². The van der Waals surface area contributed by atoms with Crippen molar-refractivity contribution in [1.29, 1.82) is 0 Å².